The molecule has 1 fully saturated rings. The summed E-state index contributed by atoms with van der Waals surface area (Å²) in [6.07, 6.45) is 5.04. The summed E-state index contributed by atoms with van der Waals surface area (Å²) in [6.45, 7) is 2.26. The maximum Gasteiger partial charge on any atom is 0.125 e. The lowest BCUT2D eigenvalue weighted by Crippen LogP contribution is -2.24. The fourth-order valence-corrected chi connectivity index (χ4v) is 2.59. The molecule has 1 N–H and O–H groups in total. The molecule has 2 unspecified atom stereocenters. The molecule has 0 aliphatic heterocycles. The van der Waals surface area contributed by atoms with Crippen molar-refractivity contribution < 1.29 is 14.6 Å². The van der Waals surface area contributed by atoms with E-state index in [0.29, 0.717) is 0 Å². The molecular weight excluding hydrogens is 228 g/mol. The normalized spacial score (nSPS) is 23.7. The number of aliphatic hydroxyl groups excluding tert-OH is 1. The van der Waals surface area contributed by atoms with Gasteiger partial charge in [-0.15, -0.1) is 0 Å². The zero-order valence-corrected chi connectivity index (χ0v) is 11.2. The second-order valence-corrected chi connectivity index (χ2v) is 5.14. The van der Waals surface area contributed by atoms with E-state index < -0.39 is 0 Å². The molecular formula is C15H22O3. The van der Waals surface area contributed by atoms with Crippen LogP contribution >= 0.6 is 0 Å². The van der Waals surface area contributed by atoms with Crippen molar-refractivity contribution in [1.29, 1.82) is 0 Å². The Balaban J connectivity index is 2.08. The number of methoxy groups -OCH3 is 1. The Bertz CT molecular complexity index is 389. The zero-order chi connectivity index (χ0) is 13.0. The van der Waals surface area contributed by atoms with E-state index in [1.54, 1.807) is 7.11 Å². The highest BCUT2D eigenvalue weighted by Gasteiger charge is 2.21. The molecule has 18 heavy (non-hydrogen) atoms. The van der Waals surface area contributed by atoms with Crippen LogP contribution in [0.1, 0.15) is 38.2 Å². The van der Waals surface area contributed by atoms with Crippen molar-refractivity contribution in [3.63, 3.8) is 0 Å². The van der Waals surface area contributed by atoms with Crippen LogP contribution in [0.2, 0.25) is 0 Å². The monoisotopic (exact) mass is 250 g/mol. The van der Waals surface area contributed by atoms with Gasteiger partial charge in [0.05, 0.1) is 19.8 Å². The first-order chi connectivity index (χ1) is 8.72. The summed E-state index contributed by atoms with van der Waals surface area (Å²) in [7, 11) is 1.62. The van der Waals surface area contributed by atoms with E-state index in [1.165, 1.54) is 12.8 Å². The van der Waals surface area contributed by atoms with Crippen molar-refractivity contribution >= 4 is 0 Å². The number of hydrogen-bond donors (Lipinski definition) is 1. The number of ether oxygens (including phenoxy) is 2. The van der Waals surface area contributed by atoms with Crippen LogP contribution in [-0.4, -0.2) is 18.3 Å². The molecule has 1 saturated carbocycles. The number of aliphatic hydroxyl groups is 1. The lowest BCUT2D eigenvalue weighted by atomic mass is 9.88. The Labute approximate surface area is 109 Å². The smallest absolute Gasteiger partial charge is 0.125 e. The molecule has 1 aromatic rings. The molecule has 1 aliphatic carbocycles. The lowest BCUT2D eigenvalue weighted by Gasteiger charge is -2.28. The predicted octanol–water partition coefficient (Wildman–Crippen LogP) is 3.15. The van der Waals surface area contributed by atoms with Crippen molar-refractivity contribution in [2.75, 3.05) is 7.11 Å². The molecule has 1 aliphatic rings. The molecule has 2 rings (SSSR count). The molecule has 2 atom stereocenters. The second kappa shape index (κ2) is 6.10. The second-order valence-electron chi connectivity index (χ2n) is 5.14. The summed E-state index contributed by atoms with van der Waals surface area (Å²) in [5.74, 6) is 2.28. The molecule has 0 radical (unpaired) electrons. The first kappa shape index (κ1) is 13.2. The fraction of sp³-hybridized carbons (Fsp3) is 0.600. The zero-order valence-electron chi connectivity index (χ0n) is 11.2. The van der Waals surface area contributed by atoms with E-state index in [4.69, 9.17) is 9.47 Å². The summed E-state index contributed by atoms with van der Waals surface area (Å²) in [4.78, 5) is 0. The Morgan fingerprint density at radius 3 is 2.83 bits per heavy atom. The van der Waals surface area contributed by atoms with Crippen LogP contribution in [0.5, 0.6) is 11.5 Å². The van der Waals surface area contributed by atoms with Gasteiger partial charge in [0, 0.05) is 5.56 Å². The Kier molecular flexibility index (Phi) is 4.48. The number of hydrogen-bond acceptors (Lipinski definition) is 3. The maximum absolute atomic E-state index is 9.38. The molecule has 100 valence electrons. The Hall–Kier alpha value is -1.22. The van der Waals surface area contributed by atoms with Gasteiger partial charge in [0.25, 0.3) is 0 Å². The van der Waals surface area contributed by atoms with E-state index in [-0.39, 0.29) is 12.7 Å². The van der Waals surface area contributed by atoms with E-state index in [1.807, 2.05) is 18.2 Å². The third-order valence-corrected chi connectivity index (χ3v) is 3.62. The lowest BCUT2D eigenvalue weighted by molar-refractivity contribution is 0.125. The minimum Gasteiger partial charge on any atom is -0.497 e. The van der Waals surface area contributed by atoms with Gasteiger partial charge >= 0.3 is 0 Å². The topological polar surface area (TPSA) is 38.7 Å². The molecule has 0 bridgehead atoms. The largest absolute Gasteiger partial charge is 0.497 e. The molecule has 0 spiro atoms. The van der Waals surface area contributed by atoms with Crippen LogP contribution < -0.4 is 9.47 Å². The average molecular weight is 250 g/mol. The fourth-order valence-electron chi connectivity index (χ4n) is 2.59. The molecule has 3 nitrogen and oxygen atoms in total. The van der Waals surface area contributed by atoms with Crippen molar-refractivity contribution in [2.45, 2.75) is 45.3 Å². The maximum atomic E-state index is 9.38. The minimum absolute atomic E-state index is 0.0190. The van der Waals surface area contributed by atoms with Crippen molar-refractivity contribution in [1.82, 2.24) is 0 Å². The SMILES string of the molecule is COc1ccc(OC2CCCC(C)C2)c(CO)c1. The van der Waals surface area contributed by atoms with Gasteiger partial charge in [-0.3, -0.25) is 0 Å². The van der Waals surface area contributed by atoms with Gasteiger partial charge in [-0.1, -0.05) is 13.3 Å². The van der Waals surface area contributed by atoms with Gasteiger partial charge < -0.3 is 14.6 Å². The highest BCUT2D eigenvalue weighted by molar-refractivity contribution is 5.40. The molecule has 0 aromatic heterocycles. The van der Waals surface area contributed by atoms with E-state index in [2.05, 4.69) is 6.92 Å². The summed E-state index contributed by atoms with van der Waals surface area (Å²) < 4.78 is 11.2. The van der Waals surface area contributed by atoms with Crippen molar-refractivity contribution in [3.05, 3.63) is 23.8 Å². The predicted molar refractivity (Wildman–Crippen MR) is 71.0 cm³/mol. The summed E-state index contributed by atoms with van der Waals surface area (Å²) >= 11 is 0. The summed E-state index contributed by atoms with van der Waals surface area (Å²) in [5, 5.41) is 9.38. The van der Waals surface area contributed by atoms with Crippen LogP contribution in [0.25, 0.3) is 0 Å². The standard InChI is InChI=1S/C15H22O3/c1-11-4-3-5-14(8-11)18-15-7-6-13(17-2)9-12(15)10-16/h6-7,9,11,14,16H,3-5,8,10H2,1-2H3. The third kappa shape index (κ3) is 3.16. The van der Waals surface area contributed by atoms with Gasteiger partial charge in [-0.05, 0) is 43.4 Å². The molecule has 0 saturated heterocycles. The van der Waals surface area contributed by atoms with Crippen LogP contribution in [0.15, 0.2) is 18.2 Å². The van der Waals surface area contributed by atoms with Crippen LogP contribution in [0.3, 0.4) is 0 Å². The van der Waals surface area contributed by atoms with E-state index in [0.717, 1.165) is 35.8 Å². The average Bonchev–Trinajstić information content (AvgIpc) is 2.39. The van der Waals surface area contributed by atoms with Crippen LogP contribution in [0, 0.1) is 5.92 Å². The quantitative estimate of drug-likeness (QED) is 0.892. The number of benzene rings is 1. The molecule has 0 heterocycles. The van der Waals surface area contributed by atoms with Crippen molar-refractivity contribution in [2.24, 2.45) is 5.92 Å². The molecule has 3 heteroatoms. The van der Waals surface area contributed by atoms with Crippen molar-refractivity contribution in [3.8, 4) is 11.5 Å². The summed E-state index contributed by atoms with van der Waals surface area (Å²) in [6, 6.07) is 5.60. The van der Waals surface area contributed by atoms with Gasteiger partial charge in [-0.25, -0.2) is 0 Å². The molecule has 1 aromatic carbocycles. The first-order valence-corrected chi connectivity index (χ1v) is 6.67. The summed E-state index contributed by atoms with van der Waals surface area (Å²) in [5.41, 5.74) is 0.799. The third-order valence-electron chi connectivity index (χ3n) is 3.62. The highest BCUT2D eigenvalue weighted by atomic mass is 16.5. The van der Waals surface area contributed by atoms with Gasteiger partial charge in [-0.2, -0.15) is 0 Å². The molecule has 0 amide bonds. The Morgan fingerprint density at radius 1 is 1.33 bits per heavy atom. The van der Waals surface area contributed by atoms with Gasteiger partial charge in [0.15, 0.2) is 0 Å². The number of rotatable bonds is 4. The minimum atomic E-state index is -0.0190. The van der Waals surface area contributed by atoms with E-state index in [9.17, 15) is 5.11 Å². The van der Waals surface area contributed by atoms with Crippen LogP contribution in [-0.2, 0) is 6.61 Å². The Morgan fingerprint density at radius 2 is 2.17 bits per heavy atom. The van der Waals surface area contributed by atoms with Gasteiger partial charge in [0.1, 0.15) is 11.5 Å². The van der Waals surface area contributed by atoms with E-state index >= 15 is 0 Å². The first-order valence-electron chi connectivity index (χ1n) is 6.67. The van der Waals surface area contributed by atoms with Crippen LogP contribution in [0.4, 0.5) is 0 Å². The highest BCUT2D eigenvalue weighted by Crippen LogP contribution is 2.30. The van der Waals surface area contributed by atoms with Gasteiger partial charge in [0.2, 0.25) is 0 Å².